The van der Waals surface area contributed by atoms with Crippen molar-refractivity contribution in [3.8, 4) is 22.8 Å². The van der Waals surface area contributed by atoms with Gasteiger partial charge in [-0.1, -0.05) is 31.4 Å². The van der Waals surface area contributed by atoms with Crippen LogP contribution < -0.4 is 15.0 Å². The molecule has 34 heavy (non-hydrogen) atoms. The van der Waals surface area contributed by atoms with E-state index in [1.54, 1.807) is 49.7 Å². The number of thioether (sulfide) groups is 1. The second-order valence-corrected chi connectivity index (χ2v) is 9.66. The van der Waals surface area contributed by atoms with Crippen LogP contribution in [0.3, 0.4) is 0 Å². The molecule has 2 aromatic carbocycles. The summed E-state index contributed by atoms with van der Waals surface area (Å²) < 4.78 is 12.6. The molecule has 1 saturated carbocycles. The Labute approximate surface area is 204 Å². The quantitative estimate of drug-likeness (QED) is 0.445. The Morgan fingerprint density at radius 2 is 1.59 bits per heavy atom. The fourth-order valence-corrected chi connectivity index (χ4v) is 5.36. The summed E-state index contributed by atoms with van der Waals surface area (Å²) in [7, 11) is 6.71. The number of hydrogen-bond acceptors (Lipinski definition) is 5. The Morgan fingerprint density at radius 3 is 2.15 bits per heavy atom. The topological polar surface area (TPSA) is 60.8 Å². The molecule has 180 valence electrons. The van der Waals surface area contributed by atoms with E-state index in [0.717, 1.165) is 36.1 Å². The summed E-state index contributed by atoms with van der Waals surface area (Å²) in [5.41, 5.74) is 1.78. The van der Waals surface area contributed by atoms with E-state index >= 15 is 0 Å². The number of carbonyl (C=O) groups excluding carboxylic acids is 1. The maximum atomic E-state index is 14.1. The second-order valence-electron chi connectivity index (χ2n) is 8.78. The molecular weight excluding hydrogens is 448 g/mol. The normalized spacial score (nSPS) is 14.3. The van der Waals surface area contributed by atoms with Crippen molar-refractivity contribution < 1.29 is 14.3 Å². The molecule has 1 heterocycles. The number of aromatic nitrogens is 1. The van der Waals surface area contributed by atoms with Crippen LogP contribution in [0.25, 0.3) is 22.0 Å². The lowest BCUT2D eigenvalue weighted by Gasteiger charge is -2.32. The van der Waals surface area contributed by atoms with E-state index in [2.05, 4.69) is 0 Å². The van der Waals surface area contributed by atoms with E-state index in [9.17, 15) is 9.59 Å². The highest BCUT2D eigenvalue weighted by Crippen LogP contribution is 2.37. The maximum absolute atomic E-state index is 14.1. The van der Waals surface area contributed by atoms with Crippen LogP contribution in [0.2, 0.25) is 0 Å². The van der Waals surface area contributed by atoms with Crippen LogP contribution in [0.15, 0.2) is 46.1 Å². The summed E-state index contributed by atoms with van der Waals surface area (Å²) in [4.78, 5) is 30.6. The molecule has 4 rings (SSSR count). The minimum Gasteiger partial charge on any atom is -0.493 e. The van der Waals surface area contributed by atoms with Crippen LogP contribution >= 0.6 is 11.8 Å². The van der Waals surface area contributed by atoms with Gasteiger partial charge in [-0.3, -0.25) is 9.59 Å². The Kier molecular flexibility index (Phi) is 7.22. The molecule has 0 atom stereocenters. The van der Waals surface area contributed by atoms with Crippen LogP contribution in [-0.4, -0.2) is 48.9 Å². The zero-order valence-electron chi connectivity index (χ0n) is 20.5. The van der Waals surface area contributed by atoms with Crippen molar-refractivity contribution in [1.82, 2.24) is 9.47 Å². The molecule has 0 saturated heterocycles. The predicted molar refractivity (Wildman–Crippen MR) is 138 cm³/mol. The van der Waals surface area contributed by atoms with Crippen molar-refractivity contribution in [2.75, 3.05) is 27.5 Å². The first kappa shape index (κ1) is 24.2. The number of nitrogens with zero attached hydrogens (tertiary/aromatic N) is 2. The van der Waals surface area contributed by atoms with Crippen molar-refractivity contribution >= 4 is 28.4 Å². The number of amides is 1. The van der Waals surface area contributed by atoms with E-state index in [0.29, 0.717) is 33.5 Å². The average molecular weight is 481 g/mol. The fraction of sp³-hybridized carbons (Fsp3) is 0.407. The minimum atomic E-state index is -0.184. The predicted octanol–water partition coefficient (Wildman–Crippen LogP) is 5.35. The lowest BCUT2D eigenvalue weighted by molar-refractivity contribution is 0.0698. The van der Waals surface area contributed by atoms with E-state index < -0.39 is 0 Å². The van der Waals surface area contributed by atoms with Crippen LogP contribution in [0.5, 0.6) is 11.5 Å². The molecule has 0 N–H and O–H groups in total. The molecule has 6 nitrogen and oxygen atoms in total. The van der Waals surface area contributed by atoms with Gasteiger partial charge in [-0.05, 0) is 48.9 Å². The molecule has 1 amide bonds. The first-order chi connectivity index (χ1) is 16.4. The summed E-state index contributed by atoms with van der Waals surface area (Å²) in [5.74, 6) is 0.869. The van der Waals surface area contributed by atoms with Crippen LogP contribution in [-0.2, 0) is 7.05 Å². The van der Waals surface area contributed by atoms with Gasteiger partial charge in [0.1, 0.15) is 0 Å². The monoisotopic (exact) mass is 480 g/mol. The van der Waals surface area contributed by atoms with Crippen molar-refractivity contribution in [2.45, 2.75) is 43.0 Å². The molecule has 0 radical (unpaired) electrons. The van der Waals surface area contributed by atoms with Crippen LogP contribution in [0, 0.1) is 0 Å². The molecule has 1 aromatic heterocycles. The van der Waals surface area contributed by atoms with Crippen LogP contribution in [0.4, 0.5) is 0 Å². The average Bonchev–Trinajstić information content (AvgIpc) is 2.89. The molecular formula is C27H32N2O4S. The van der Waals surface area contributed by atoms with Gasteiger partial charge in [0.2, 0.25) is 0 Å². The van der Waals surface area contributed by atoms with E-state index in [1.807, 2.05) is 42.5 Å². The van der Waals surface area contributed by atoms with Gasteiger partial charge in [0.15, 0.2) is 11.5 Å². The number of benzene rings is 2. The van der Waals surface area contributed by atoms with Gasteiger partial charge in [0.05, 0.1) is 30.9 Å². The van der Waals surface area contributed by atoms with Gasteiger partial charge >= 0.3 is 0 Å². The van der Waals surface area contributed by atoms with Gasteiger partial charge in [-0.15, -0.1) is 11.8 Å². The molecule has 3 aromatic rings. The molecule has 0 unspecified atom stereocenters. The SMILES string of the molecule is COc1cc2c(C(=O)N(C)C3CCCCC3)c(-c3ccc(SC)cc3)n(C)c(=O)c2cc1OC. The highest BCUT2D eigenvalue weighted by molar-refractivity contribution is 7.98. The lowest BCUT2D eigenvalue weighted by atomic mass is 9.92. The molecule has 7 heteroatoms. The zero-order chi connectivity index (χ0) is 24.4. The summed E-state index contributed by atoms with van der Waals surface area (Å²) in [6.45, 7) is 0. The summed E-state index contributed by atoms with van der Waals surface area (Å²) >= 11 is 1.65. The van der Waals surface area contributed by atoms with Crippen molar-refractivity contribution in [1.29, 1.82) is 0 Å². The lowest BCUT2D eigenvalue weighted by Crippen LogP contribution is -2.39. The Morgan fingerprint density at radius 1 is 1.00 bits per heavy atom. The third-order valence-corrected chi connectivity index (χ3v) is 7.66. The minimum absolute atomic E-state index is 0.0799. The van der Waals surface area contributed by atoms with Crippen molar-refractivity contribution in [3.05, 3.63) is 52.3 Å². The zero-order valence-corrected chi connectivity index (χ0v) is 21.3. The Hall–Kier alpha value is -2.93. The number of hydrogen-bond donors (Lipinski definition) is 0. The molecule has 1 fully saturated rings. The smallest absolute Gasteiger partial charge is 0.258 e. The van der Waals surface area contributed by atoms with E-state index in [-0.39, 0.29) is 17.5 Å². The number of fused-ring (bicyclic) bond motifs is 1. The molecule has 0 spiro atoms. The largest absolute Gasteiger partial charge is 0.493 e. The third kappa shape index (κ3) is 4.29. The highest BCUT2D eigenvalue weighted by Gasteiger charge is 2.29. The van der Waals surface area contributed by atoms with Crippen molar-refractivity contribution in [2.24, 2.45) is 7.05 Å². The first-order valence-corrected chi connectivity index (χ1v) is 12.8. The van der Waals surface area contributed by atoms with Gasteiger partial charge < -0.3 is 18.9 Å². The van der Waals surface area contributed by atoms with Gasteiger partial charge in [0, 0.05) is 30.4 Å². The number of pyridine rings is 1. The molecule has 0 bridgehead atoms. The molecule has 1 aliphatic rings. The van der Waals surface area contributed by atoms with Crippen LogP contribution in [0.1, 0.15) is 42.5 Å². The highest BCUT2D eigenvalue weighted by atomic mass is 32.2. The first-order valence-electron chi connectivity index (χ1n) is 11.6. The van der Waals surface area contributed by atoms with E-state index in [4.69, 9.17) is 9.47 Å². The standard InChI is InChI=1S/C27H32N2O4S/c1-28(18-9-7-6-8-10-18)27(31)24-20-15-22(32-3)23(33-4)16-21(20)26(30)29(2)25(24)17-11-13-19(34-5)14-12-17/h11-16,18H,6-10H2,1-5H3. The summed E-state index contributed by atoms with van der Waals surface area (Å²) in [6.07, 6.45) is 7.50. The Balaban J connectivity index is 2.02. The third-order valence-electron chi connectivity index (χ3n) is 6.92. The summed E-state index contributed by atoms with van der Waals surface area (Å²) in [5, 5.41) is 1.02. The molecule has 0 aliphatic heterocycles. The second kappa shape index (κ2) is 10.1. The Bertz CT molecular complexity index is 1260. The van der Waals surface area contributed by atoms with Gasteiger partial charge in [-0.25, -0.2) is 0 Å². The van der Waals surface area contributed by atoms with Gasteiger partial charge in [-0.2, -0.15) is 0 Å². The number of ether oxygens (including phenoxy) is 2. The fourth-order valence-electron chi connectivity index (χ4n) is 4.95. The van der Waals surface area contributed by atoms with E-state index in [1.165, 1.54) is 6.42 Å². The number of carbonyl (C=O) groups is 1. The maximum Gasteiger partial charge on any atom is 0.258 e. The van der Waals surface area contributed by atoms with Gasteiger partial charge in [0.25, 0.3) is 11.5 Å². The van der Waals surface area contributed by atoms with Crippen molar-refractivity contribution in [3.63, 3.8) is 0 Å². The number of methoxy groups -OCH3 is 2. The summed E-state index contributed by atoms with van der Waals surface area (Å²) in [6, 6.07) is 11.6. The number of rotatable bonds is 6. The molecule has 1 aliphatic carbocycles.